The first-order chi connectivity index (χ1) is 11.7. The van der Waals surface area contributed by atoms with Crippen molar-refractivity contribution in [2.45, 2.75) is 25.8 Å². The number of amidine groups is 2. The van der Waals surface area contributed by atoms with Gasteiger partial charge in [0.25, 0.3) is 11.2 Å². The van der Waals surface area contributed by atoms with Gasteiger partial charge < -0.3 is 15.8 Å². The molecule has 1 saturated heterocycles. The fourth-order valence-electron chi connectivity index (χ4n) is 2.81. The molecule has 8 heteroatoms. The highest BCUT2D eigenvalue weighted by Gasteiger charge is 2.15. The first-order valence-corrected chi connectivity index (χ1v) is 9.31. The van der Waals surface area contributed by atoms with Gasteiger partial charge in [-0.15, -0.1) is 8.80 Å². The lowest BCUT2D eigenvalue weighted by Crippen LogP contribution is -2.35. The van der Waals surface area contributed by atoms with Crippen LogP contribution in [0.2, 0.25) is 0 Å². The quantitative estimate of drug-likeness (QED) is 0.716. The summed E-state index contributed by atoms with van der Waals surface area (Å²) in [6.07, 6.45) is 3.36. The highest BCUT2D eigenvalue weighted by Crippen LogP contribution is 2.22. The van der Waals surface area contributed by atoms with Gasteiger partial charge in [0, 0.05) is 18.7 Å². The molecular weight excluding hydrogens is 326 g/mol. The van der Waals surface area contributed by atoms with Crippen molar-refractivity contribution in [2.24, 2.45) is 14.5 Å². The molecule has 130 valence electrons. The summed E-state index contributed by atoms with van der Waals surface area (Å²) >= 11 is -1.57. The fourth-order valence-corrected chi connectivity index (χ4v) is 3.42. The number of rotatable bonds is 7. The zero-order valence-electron chi connectivity index (χ0n) is 13.6. The molecule has 0 aliphatic carbocycles. The summed E-state index contributed by atoms with van der Waals surface area (Å²) < 4.78 is 24.5. The van der Waals surface area contributed by atoms with Crippen molar-refractivity contribution in [3.8, 4) is 5.75 Å². The smallest absolute Gasteiger partial charge is 0.269 e. The van der Waals surface area contributed by atoms with Gasteiger partial charge in [-0.25, -0.2) is 4.21 Å². The van der Waals surface area contributed by atoms with E-state index >= 15 is 0 Å². The van der Waals surface area contributed by atoms with E-state index in [-0.39, 0.29) is 5.84 Å². The Kier molecular flexibility index (Phi) is 5.81. The molecule has 2 aliphatic rings. The molecule has 3 N–H and O–H groups in total. The van der Waals surface area contributed by atoms with Gasteiger partial charge in [-0.05, 0) is 38.4 Å². The van der Waals surface area contributed by atoms with Crippen LogP contribution in [-0.4, -0.2) is 47.0 Å². The van der Waals surface area contributed by atoms with Gasteiger partial charge >= 0.3 is 0 Å². The number of likely N-dealkylation sites (tertiary alicyclic amines) is 1. The van der Waals surface area contributed by atoms with E-state index in [1.54, 1.807) is 0 Å². The van der Waals surface area contributed by atoms with Crippen LogP contribution >= 0.6 is 0 Å². The van der Waals surface area contributed by atoms with Gasteiger partial charge in [0.2, 0.25) is 0 Å². The number of hydrogen-bond acceptors (Lipinski definition) is 5. The summed E-state index contributed by atoms with van der Waals surface area (Å²) in [4.78, 5) is 2.46. The van der Waals surface area contributed by atoms with Crippen LogP contribution in [0.5, 0.6) is 5.75 Å². The van der Waals surface area contributed by atoms with Crippen molar-refractivity contribution < 1.29 is 8.95 Å². The summed E-state index contributed by atoms with van der Waals surface area (Å²) in [5, 5.41) is 3.03. The molecule has 1 atom stereocenters. The van der Waals surface area contributed by atoms with E-state index in [1.807, 2.05) is 12.1 Å². The Morgan fingerprint density at radius 3 is 2.79 bits per heavy atom. The average molecular weight is 349 g/mol. The molecule has 24 heavy (non-hydrogen) atoms. The van der Waals surface area contributed by atoms with Crippen molar-refractivity contribution in [3.05, 3.63) is 29.8 Å². The maximum atomic E-state index is 11.1. The predicted octanol–water partition coefficient (Wildman–Crippen LogP) is 0.989. The minimum Gasteiger partial charge on any atom is -0.493 e. The Labute approximate surface area is 144 Å². The first kappa shape index (κ1) is 16.9. The molecular formula is C16H23N5O2S. The number of para-hydroxylation sites is 1. The number of nitrogens with two attached hydrogens (primary N) is 1. The van der Waals surface area contributed by atoms with Crippen LogP contribution in [0.4, 0.5) is 0 Å². The fraction of sp³-hybridized carbons (Fsp3) is 0.500. The van der Waals surface area contributed by atoms with Crippen molar-refractivity contribution in [1.29, 1.82) is 0 Å². The van der Waals surface area contributed by atoms with Gasteiger partial charge in [0.05, 0.1) is 6.61 Å². The van der Waals surface area contributed by atoms with Crippen LogP contribution in [-0.2, 0) is 17.7 Å². The standard InChI is InChI=1S/C16H23N5O2S/c17-15-16(20-24(22)19-15)18-8-5-11-23-14-7-2-1-6-13(14)12-21-9-3-4-10-21/h1-2,6-7H,3-5,8-12H2,(H2,17,19)(H,18,20). The largest absolute Gasteiger partial charge is 0.493 e. The van der Waals surface area contributed by atoms with E-state index in [4.69, 9.17) is 10.5 Å². The summed E-state index contributed by atoms with van der Waals surface area (Å²) in [6.45, 7) is 4.53. The van der Waals surface area contributed by atoms with Gasteiger partial charge in [-0.2, -0.15) is 0 Å². The first-order valence-electron chi connectivity index (χ1n) is 8.24. The highest BCUT2D eigenvalue weighted by molar-refractivity contribution is 7.83. The Bertz CT molecular complexity index is 656. The van der Waals surface area contributed by atoms with E-state index in [1.165, 1.54) is 31.5 Å². The molecule has 7 nitrogen and oxygen atoms in total. The van der Waals surface area contributed by atoms with Crippen LogP contribution in [0.1, 0.15) is 24.8 Å². The van der Waals surface area contributed by atoms with Gasteiger partial charge in [0.15, 0.2) is 11.7 Å². The zero-order valence-corrected chi connectivity index (χ0v) is 14.4. The van der Waals surface area contributed by atoms with Crippen LogP contribution in [0, 0.1) is 0 Å². The molecule has 1 fully saturated rings. The molecule has 0 bridgehead atoms. The van der Waals surface area contributed by atoms with Crippen LogP contribution < -0.4 is 15.8 Å². The number of ether oxygens (including phenoxy) is 1. The third-order valence-electron chi connectivity index (χ3n) is 4.02. The number of hydrogen-bond donors (Lipinski definition) is 2. The molecule has 0 radical (unpaired) electrons. The van der Waals surface area contributed by atoms with Crippen LogP contribution in [0.15, 0.2) is 33.1 Å². The second kappa shape index (κ2) is 8.25. The molecule has 0 aromatic heterocycles. The third-order valence-corrected chi connectivity index (χ3v) is 4.72. The minimum atomic E-state index is -1.57. The molecule has 2 heterocycles. The lowest BCUT2D eigenvalue weighted by Gasteiger charge is -2.17. The van der Waals surface area contributed by atoms with Gasteiger partial charge in [-0.1, -0.05) is 18.2 Å². The van der Waals surface area contributed by atoms with Crippen molar-refractivity contribution in [2.75, 3.05) is 26.2 Å². The van der Waals surface area contributed by atoms with E-state index in [0.29, 0.717) is 19.0 Å². The Morgan fingerprint density at radius 1 is 1.25 bits per heavy atom. The van der Waals surface area contributed by atoms with Crippen LogP contribution in [0.3, 0.4) is 0 Å². The predicted molar refractivity (Wildman–Crippen MR) is 96.3 cm³/mol. The second-order valence-corrected chi connectivity index (χ2v) is 6.69. The zero-order chi connectivity index (χ0) is 16.8. The number of nitrogens with one attached hydrogen (secondary N) is 1. The normalized spacial score (nSPS) is 20.8. The van der Waals surface area contributed by atoms with E-state index in [0.717, 1.165) is 18.7 Å². The molecule has 0 amide bonds. The SMILES string of the molecule is NC1=NS(=O)N=C1NCCCOc1ccccc1CN1CCCC1. The molecule has 1 aromatic carbocycles. The van der Waals surface area contributed by atoms with Gasteiger partial charge in [-0.3, -0.25) is 4.90 Å². The summed E-state index contributed by atoms with van der Waals surface area (Å²) in [5.74, 6) is 1.55. The number of benzene rings is 1. The third kappa shape index (κ3) is 4.55. The number of nitrogens with zero attached hydrogens (tertiary/aromatic N) is 3. The van der Waals surface area contributed by atoms with Crippen LogP contribution in [0.25, 0.3) is 0 Å². The average Bonchev–Trinajstić information content (AvgIpc) is 3.18. The van der Waals surface area contributed by atoms with Crippen molar-refractivity contribution >= 4 is 22.8 Å². The lowest BCUT2D eigenvalue weighted by molar-refractivity contribution is 0.290. The topological polar surface area (TPSA) is 92.3 Å². The molecule has 3 rings (SSSR count). The Hall–Kier alpha value is -1.93. The minimum absolute atomic E-state index is 0.199. The summed E-state index contributed by atoms with van der Waals surface area (Å²) in [6, 6.07) is 8.21. The van der Waals surface area contributed by atoms with E-state index < -0.39 is 11.2 Å². The highest BCUT2D eigenvalue weighted by atomic mass is 32.2. The Balaban J connectivity index is 1.42. The summed E-state index contributed by atoms with van der Waals surface area (Å²) in [5.41, 5.74) is 6.84. The van der Waals surface area contributed by atoms with Crippen molar-refractivity contribution in [1.82, 2.24) is 10.2 Å². The van der Waals surface area contributed by atoms with E-state index in [2.05, 4.69) is 31.1 Å². The maximum absolute atomic E-state index is 11.1. The lowest BCUT2D eigenvalue weighted by atomic mass is 10.2. The second-order valence-electron chi connectivity index (χ2n) is 5.87. The van der Waals surface area contributed by atoms with Crippen molar-refractivity contribution in [3.63, 3.8) is 0 Å². The van der Waals surface area contributed by atoms with E-state index in [9.17, 15) is 4.21 Å². The molecule has 0 spiro atoms. The Morgan fingerprint density at radius 2 is 2.04 bits per heavy atom. The molecule has 0 saturated carbocycles. The molecule has 1 aromatic rings. The molecule has 2 aliphatic heterocycles. The molecule has 1 unspecified atom stereocenters. The monoisotopic (exact) mass is 349 g/mol. The maximum Gasteiger partial charge on any atom is 0.269 e. The summed E-state index contributed by atoms with van der Waals surface area (Å²) in [7, 11) is 0. The van der Waals surface area contributed by atoms with Gasteiger partial charge in [0.1, 0.15) is 5.75 Å².